The number of hydrogen-bond donors (Lipinski definition) is 2. The van der Waals surface area contributed by atoms with E-state index in [2.05, 4.69) is 25.7 Å². The number of aromatic amines is 1. The molecular weight excluding hydrogens is 246 g/mol. The fourth-order valence-electron chi connectivity index (χ4n) is 1.61. The van der Waals surface area contributed by atoms with Gasteiger partial charge in [0.25, 0.3) is 5.91 Å². The van der Waals surface area contributed by atoms with Gasteiger partial charge in [0.2, 0.25) is 0 Å². The highest BCUT2D eigenvalue weighted by molar-refractivity contribution is 6.02. The van der Waals surface area contributed by atoms with Crippen LogP contribution in [0.3, 0.4) is 0 Å². The number of hydrogen-bond acceptors (Lipinski definition) is 5. The summed E-state index contributed by atoms with van der Waals surface area (Å²) in [5, 5.41) is 12.4. The van der Waals surface area contributed by atoms with E-state index >= 15 is 0 Å². The van der Waals surface area contributed by atoms with Gasteiger partial charge in [-0.2, -0.15) is 15.4 Å². The van der Waals surface area contributed by atoms with Gasteiger partial charge in [-0.3, -0.25) is 4.79 Å². The fraction of sp³-hybridized carbons (Fsp3) is 0. The molecule has 0 radical (unpaired) electrons. The van der Waals surface area contributed by atoms with Gasteiger partial charge in [0, 0.05) is 11.3 Å². The zero-order chi connectivity index (χ0) is 13.1. The van der Waals surface area contributed by atoms with Crippen molar-refractivity contribution in [1.82, 2.24) is 20.4 Å². The van der Waals surface area contributed by atoms with Crippen LogP contribution in [0.2, 0.25) is 0 Å². The third-order valence-electron chi connectivity index (χ3n) is 2.48. The molecule has 0 fully saturated rings. The molecule has 19 heavy (non-hydrogen) atoms. The van der Waals surface area contributed by atoms with E-state index < -0.39 is 0 Å². The van der Waals surface area contributed by atoms with Crippen LogP contribution in [0.5, 0.6) is 0 Å². The topological polar surface area (TPSA) is 96.7 Å². The molecule has 0 saturated carbocycles. The Morgan fingerprint density at radius 3 is 3.00 bits per heavy atom. The Labute approximate surface area is 107 Å². The highest BCUT2D eigenvalue weighted by Crippen LogP contribution is 2.22. The molecule has 1 amide bonds. The molecule has 3 rings (SSSR count). The molecule has 0 spiro atoms. The minimum atomic E-state index is -0.330. The van der Waals surface area contributed by atoms with E-state index in [0.717, 1.165) is 5.56 Å². The van der Waals surface area contributed by atoms with Crippen molar-refractivity contribution in [2.45, 2.75) is 0 Å². The van der Waals surface area contributed by atoms with Crippen molar-refractivity contribution >= 4 is 11.6 Å². The maximum Gasteiger partial charge on any atom is 0.277 e. The Balaban J connectivity index is 1.82. The number of nitrogens with zero attached hydrogens (tertiary/aromatic N) is 3. The first kappa shape index (κ1) is 11.1. The number of amides is 1. The number of carbonyl (C=O) groups is 1. The molecule has 2 heterocycles. The predicted octanol–water partition coefficient (Wildman–Crippen LogP) is 1.71. The number of anilines is 1. The summed E-state index contributed by atoms with van der Waals surface area (Å²) in [6.07, 6.45) is 4.32. The van der Waals surface area contributed by atoms with Gasteiger partial charge in [0.15, 0.2) is 17.8 Å². The Hall–Kier alpha value is -2.96. The van der Waals surface area contributed by atoms with Crippen LogP contribution < -0.4 is 5.32 Å². The van der Waals surface area contributed by atoms with E-state index in [0.29, 0.717) is 11.4 Å². The van der Waals surface area contributed by atoms with Crippen LogP contribution in [0.25, 0.3) is 11.3 Å². The lowest BCUT2D eigenvalue weighted by molar-refractivity contribution is 0.102. The van der Waals surface area contributed by atoms with Crippen LogP contribution in [-0.2, 0) is 0 Å². The van der Waals surface area contributed by atoms with Gasteiger partial charge < -0.3 is 9.73 Å². The zero-order valence-electron chi connectivity index (χ0n) is 9.70. The Bertz CT molecular complexity index is 676. The van der Waals surface area contributed by atoms with Crippen molar-refractivity contribution < 1.29 is 9.21 Å². The fourth-order valence-corrected chi connectivity index (χ4v) is 1.61. The first-order valence-electron chi connectivity index (χ1n) is 5.49. The Kier molecular flexibility index (Phi) is 2.77. The van der Waals surface area contributed by atoms with E-state index in [4.69, 9.17) is 4.42 Å². The number of aromatic nitrogens is 4. The number of carbonyl (C=O) groups excluding carboxylic acids is 1. The standard InChI is InChI=1S/C12H9N5O2/c18-12(10-5-14-17-16-10)15-9-3-1-2-8(4-9)11-6-13-7-19-11/h1-7H,(H,15,18)(H,14,16,17). The van der Waals surface area contributed by atoms with Crippen LogP contribution in [-0.4, -0.2) is 26.3 Å². The lowest BCUT2D eigenvalue weighted by atomic mass is 10.1. The molecule has 7 nitrogen and oxygen atoms in total. The number of benzene rings is 1. The molecule has 0 saturated heterocycles. The first-order valence-corrected chi connectivity index (χ1v) is 5.49. The van der Waals surface area contributed by atoms with E-state index in [1.54, 1.807) is 18.3 Å². The SMILES string of the molecule is O=C(Nc1cccc(-c2cnco2)c1)c1cn[nH]n1. The van der Waals surface area contributed by atoms with Crippen LogP contribution in [0.1, 0.15) is 10.5 Å². The molecule has 7 heteroatoms. The van der Waals surface area contributed by atoms with Gasteiger partial charge >= 0.3 is 0 Å². The molecule has 0 aliphatic heterocycles. The number of oxazole rings is 1. The summed E-state index contributed by atoms with van der Waals surface area (Å²) >= 11 is 0. The second-order valence-corrected chi connectivity index (χ2v) is 3.76. The predicted molar refractivity (Wildman–Crippen MR) is 66.3 cm³/mol. The zero-order valence-corrected chi connectivity index (χ0v) is 9.70. The smallest absolute Gasteiger partial charge is 0.277 e. The normalized spacial score (nSPS) is 10.3. The lowest BCUT2D eigenvalue weighted by Gasteiger charge is -2.04. The van der Waals surface area contributed by atoms with Gasteiger partial charge in [-0.1, -0.05) is 12.1 Å². The molecule has 1 aromatic carbocycles. The average molecular weight is 255 g/mol. The number of nitrogens with one attached hydrogen (secondary N) is 2. The van der Waals surface area contributed by atoms with E-state index in [-0.39, 0.29) is 11.6 Å². The monoisotopic (exact) mass is 255 g/mol. The maximum absolute atomic E-state index is 11.8. The summed E-state index contributed by atoms with van der Waals surface area (Å²) in [5.74, 6) is 0.306. The molecule has 0 aliphatic rings. The van der Waals surface area contributed by atoms with E-state index in [9.17, 15) is 4.79 Å². The lowest BCUT2D eigenvalue weighted by Crippen LogP contribution is -2.12. The maximum atomic E-state index is 11.8. The highest BCUT2D eigenvalue weighted by Gasteiger charge is 2.09. The van der Waals surface area contributed by atoms with Crippen molar-refractivity contribution in [3.05, 3.63) is 48.7 Å². The second kappa shape index (κ2) is 4.73. The van der Waals surface area contributed by atoms with Gasteiger partial charge in [-0.15, -0.1) is 0 Å². The summed E-state index contributed by atoms with van der Waals surface area (Å²) in [4.78, 5) is 15.7. The first-order chi connectivity index (χ1) is 9.33. The number of H-pyrrole nitrogens is 1. The van der Waals surface area contributed by atoms with Crippen molar-refractivity contribution in [2.24, 2.45) is 0 Å². The largest absolute Gasteiger partial charge is 0.444 e. The van der Waals surface area contributed by atoms with Crippen LogP contribution in [0.15, 0.2) is 47.5 Å². The Morgan fingerprint density at radius 1 is 1.32 bits per heavy atom. The summed E-state index contributed by atoms with van der Waals surface area (Å²) in [7, 11) is 0. The highest BCUT2D eigenvalue weighted by atomic mass is 16.3. The molecule has 94 valence electrons. The molecule has 2 aromatic heterocycles. The summed E-state index contributed by atoms with van der Waals surface area (Å²) < 4.78 is 5.20. The van der Waals surface area contributed by atoms with E-state index in [1.807, 2.05) is 12.1 Å². The summed E-state index contributed by atoms with van der Waals surface area (Å²) in [5.41, 5.74) is 1.70. The molecule has 0 atom stereocenters. The summed E-state index contributed by atoms with van der Waals surface area (Å²) in [6.45, 7) is 0. The van der Waals surface area contributed by atoms with Crippen molar-refractivity contribution in [3.8, 4) is 11.3 Å². The van der Waals surface area contributed by atoms with Crippen molar-refractivity contribution in [3.63, 3.8) is 0 Å². The Morgan fingerprint density at radius 2 is 2.26 bits per heavy atom. The number of rotatable bonds is 3. The molecule has 3 aromatic rings. The third kappa shape index (κ3) is 2.34. The molecule has 0 bridgehead atoms. The summed E-state index contributed by atoms with van der Waals surface area (Å²) in [6, 6.07) is 7.25. The van der Waals surface area contributed by atoms with Gasteiger partial charge in [-0.05, 0) is 12.1 Å². The minimum absolute atomic E-state index is 0.227. The molecule has 2 N–H and O–H groups in total. The van der Waals surface area contributed by atoms with E-state index in [1.165, 1.54) is 12.6 Å². The van der Waals surface area contributed by atoms with Crippen LogP contribution in [0, 0.1) is 0 Å². The second-order valence-electron chi connectivity index (χ2n) is 3.76. The molecular formula is C12H9N5O2. The third-order valence-corrected chi connectivity index (χ3v) is 2.48. The van der Waals surface area contributed by atoms with Gasteiger partial charge in [0.05, 0.1) is 12.4 Å². The van der Waals surface area contributed by atoms with Crippen LogP contribution in [0.4, 0.5) is 5.69 Å². The van der Waals surface area contributed by atoms with Crippen molar-refractivity contribution in [1.29, 1.82) is 0 Å². The minimum Gasteiger partial charge on any atom is -0.444 e. The van der Waals surface area contributed by atoms with Gasteiger partial charge in [0.1, 0.15) is 0 Å². The van der Waals surface area contributed by atoms with Crippen LogP contribution >= 0.6 is 0 Å². The molecule has 0 aliphatic carbocycles. The molecule has 0 unspecified atom stereocenters. The quantitative estimate of drug-likeness (QED) is 0.742. The van der Waals surface area contributed by atoms with Crippen molar-refractivity contribution in [2.75, 3.05) is 5.32 Å². The van der Waals surface area contributed by atoms with Gasteiger partial charge in [-0.25, -0.2) is 4.98 Å². The average Bonchev–Trinajstić information content (AvgIpc) is 3.13.